The van der Waals surface area contributed by atoms with Crippen molar-refractivity contribution in [3.05, 3.63) is 0 Å². The van der Waals surface area contributed by atoms with Crippen LogP contribution in [-0.4, -0.2) is 34.8 Å². The molecule has 1 aliphatic rings. The molecule has 0 aromatic heterocycles. The Kier molecular flexibility index (Phi) is 6.02. The number of hydrogen-bond acceptors (Lipinski definition) is 3. The van der Waals surface area contributed by atoms with Gasteiger partial charge in [0.15, 0.2) is 0 Å². The van der Waals surface area contributed by atoms with E-state index in [2.05, 4.69) is 30.9 Å². The van der Waals surface area contributed by atoms with E-state index in [4.69, 9.17) is 0 Å². The van der Waals surface area contributed by atoms with Crippen molar-refractivity contribution >= 4 is 11.8 Å². The van der Waals surface area contributed by atoms with Crippen molar-refractivity contribution in [2.24, 2.45) is 0 Å². The van der Waals surface area contributed by atoms with Crippen LogP contribution in [0, 0.1) is 0 Å². The molecule has 0 aromatic carbocycles. The van der Waals surface area contributed by atoms with Gasteiger partial charge in [-0.3, -0.25) is 0 Å². The average Bonchev–Trinajstić information content (AvgIpc) is 2.30. The van der Waals surface area contributed by atoms with Gasteiger partial charge in [0.25, 0.3) is 0 Å². The van der Waals surface area contributed by atoms with E-state index in [9.17, 15) is 5.11 Å². The Morgan fingerprint density at radius 1 is 1.33 bits per heavy atom. The lowest BCUT2D eigenvalue weighted by atomic mass is 9.97. The third kappa shape index (κ3) is 4.75. The predicted octanol–water partition coefficient (Wildman–Crippen LogP) is 2.41. The molecule has 3 heteroatoms. The van der Waals surface area contributed by atoms with Crippen molar-refractivity contribution in [3.8, 4) is 0 Å². The summed E-state index contributed by atoms with van der Waals surface area (Å²) in [7, 11) is 0. The number of nitrogens with one attached hydrogen (secondary N) is 1. The average molecular weight is 231 g/mol. The number of thioether (sulfide) groups is 1. The minimum atomic E-state index is -0.487. The highest BCUT2D eigenvalue weighted by molar-refractivity contribution is 7.99. The van der Waals surface area contributed by atoms with Crippen LogP contribution in [0.1, 0.15) is 46.0 Å². The second kappa shape index (κ2) is 6.77. The summed E-state index contributed by atoms with van der Waals surface area (Å²) in [4.78, 5) is 0. The Morgan fingerprint density at radius 2 is 2.07 bits per heavy atom. The fourth-order valence-electron chi connectivity index (χ4n) is 1.93. The zero-order chi connectivity index (χ0) is 11.1. The molecule has 0 amide bonds. The van der Waals surface area contributed by atoms with Gasteiger partial charge in [-0.2, -0.15) is 11.8 Å². The molecule has 0 aromatic rings. The van der Waals surface area contributed by atoms with Gasteiger partial charge in [0.2, 0.25) is 0 Å². The SMILES string of the molecule is CCC(O)(CC)CNCC1CCCCS1. The zero-order valence-corrected chi connectivity index (χ0v) is 10.9. The third-order valence-corrected chi connectivity index (χ3v) is 4.81. The van der Waals surface area contributed by atoms with Crippen molar-refractivity contribution in [1.82, 2.24) is 5.32 Å². The van der Waals surface area contributed by atoms with Crippen LogP contribution < -0.4 is 5.32 Å². The van der Waals surface area contributed by atoms with Gasteiger partial charge in [-0.15, -0.1) is 0 Å². The molecule has 1 atom stereocenters. The van der Waals surface area contributed by atoms with Gasteiger partial charge in [0.05, 0.1) is 5.60 Å². The van der Waals surface area contributed by atoms with Crippen LogP contribution in [0.2, 0.25) is 0 Å². The molecule has 2 N–H and O–H groups in total. The summed E-state index contributed by atoms with van der Waals surface area (Å²) in [5.74, 6) is 1.32. The van der Waals surface area contributed by atoms with E-state index in [-0.39, 0.29) is 0 Å². The molecule has 0 spiro atoms. The van der Waals surface area contributed by atoms with E-state index in [1.165, 1.54) is 25.0 Å². The summed E-state index contributed by atoms with van der Waals surface area (Å²) >= 11 is 2.08. The quantitative estimate of drug-likeness (QED) is 0.736. The lowest BCUT2D eigenvalue weighted by Gasteiger charge is -2.28. The smallest absolute Gasteiger partial charge is 0.0766 e. The maximum Gasteiger partial charge on any atom is 0.0766 e. The fourth-order valence-corrected chi connectivity index (χ4v) is 3.21. The van der Waals surface area contributed by atoms with E-state index < -0.39 is 5.60 Å². The second-order valence-corrected chi connectivity index (χ2v) is 5.96. The molecule has 90 valence electrons. The molecule has 0 radical (unpaired) electrons. The van der Waals surface area contributed by atoms with E-state index in [0.29, 0.717) is 0 Å². The van der Waals surface area contributed by atoms with Crippen molar-refractivity contribution < 1.29 is 5.11 Å². The van der Waals surface area contributed by atoms with Crippen LogP contribution in [0.5, 0.6) is 0 Å². The van der Waals surface area contributed by atoms with Crippen molar-refractivity contribution in [2.75, 3.05) is 18.8 Å². The highest BCUT2D eigenvalue weighted by Gasteiger charge is 2.22. The van der Waals surface area contributed by atoms with Crippen LogP contribution in [0.15, 0.2) is 0 Å². The van der Waals surface area contributed by atoms with Gasteiger partial charge in [-0.05, 0) is 31.4 Å². The number of rotatable bonds is 6. The first-order valence-corrected chi connectivity index (χ1v) is 7.30. The second-order valence-electron chi connectivity index (χ2n) is 4.55. The molecule has 1 aliphatic heterocycles. The normalized spacial score (nSPS) is 23.0. The first-order valence-electron chi connectivity index (χ1n) is 6.25. The first-order chi connectivity index (χ1) is 7.20. The van der Waals surface area contributed by atoms with Crippen LogP contribution in [0.3, 0.4) is 0 Å². The maximum absolute atomic E-state index is 10.1. The number of aliphatic hydroxyl groups is 1. The van der Waals surface area contributed by atoms with E-state index in [1.54, 1.807) is 0 Å². The van der Waals surface area contributed by atoms with E-state index >= 15 is 0 Å². The Bertz CT molecular complexity index is 165. The van der Waals surface area contributed by atoms with Gasteiger partial charge in [-0.25, -0.2) is 0 Å². The lowest BCUT2D eigenvalue weighted by molar-refractivity contribution is 0.0328. The molecule has 1 unspecified atom stereocenters. The molecule has 1 rings (SSSR count). The molecule has 1 fully saturated rings. The molecule has 2 nitrogen and oxygen atoms in total. The lowest BCUT2D eigenvalue weighted by Crippen LogP contribution is -2.41. The largest absolute Gasteiger partial charge is 0.389 e. The molecule has 15 heavy (non-hydrogen) atoms. The molecular weight excluding hydrogens is 206 g/mol. The van der Waals surface area contributed by atoms with Gasteiger partial charge >= 0.3 is 0 Å². The molecule has 0 bridgehead atoms. The highest BCUT2D eigenvalue weighted by atomic mass is 32.2. The standard InChI is InChI=1S/C12H25NOS/c1-3-12(14,4-2)10-13-9-11-7-5-6-8-15-11/h11,13-14H,3-10H2,1-2H3. The van der Waals surface area contributed by atoms with Crippen LogP contribution in [-0.2, 0) is 0 Å². The molecule has 1 heterocycles. The van der Waals surface area contributed by atoms with Gasteiger partial charge < -0.3 is 10.4 Å². The Morgan fingerprint density at radius 3 is 2.60 bits per heavy atom. The van der Waals surface area contributed by atoms with Gasteiger partial charge in [-0.1, -0.05) is 20.3 Å². The summed E-state index contributed by atoms with van der Waals surface area (Å²) in [6.45, 7) is 5.92. The van der Waals surface area contributed by atoms with Crippen molar-refractivity contribution in [3.63, 3.8) is 0 Å². The summed E-state index contributed by atoms with van der Waals surface area (Å²) in [5, 5.41) is 14.3. The molecule has 0 aliphatic carbocycles. The Labute approximate surface area is 98.2 Å². The summed E-state index contributed by atoms with van der Waals surface area (Å²) in [5.41, 5.74) is -0.487. The first kappa shape index (κ1) is 13.3. The fraction of sp³-hybridized carbons (Fsp3) is 1.00. The van der Waals surface area contributed by atoms with Crippen molar-refractivity contribution in [2.45, 2.75) is 56.8 Å². The predicted molar refractivity (Wildman–Crippen MR) is 68.5 cm³/mol. The molecule has 0 saturated carbocycles. The van der Waals surface area contributed by atoms with E-state index in [0.717, 1.165) is 31.2 Å². The Balaban J connectivity index is 2.14. The van der Waals surface area contributed by atoms with Gasteiger partial charge in [0, 0.05) is 18.3 Å². The topological polar surface area (TPSA) is 32.3 Å². The summed E-state index contributed by atoms with van der Waals surface area (Å²) in [6, 6.07) is 0. The van der Waals surface area contributed by atoms with Crippen molar-refractivity contribution in [1.29, 1.82) is 0 Å². The van der Waals surface area contributed by atoms with Crippen LogP contribution >= 0.6 is 11.8 Å². The minimum Gasteiger partial charge on any atom is -0.389 e. The third-order valence-electron chi connectivity index (χ3n) is 3.42. The maximum atomic E-state index is 10.1. The van der Waals surface area contributed by atoms with Crippen LogP contribution in [0.25, 0.3) is 0 Å². The number of hydrogen-bond donors (Lipinski definition) is 2. The van der Waals surface area contributed by atoms with Crippen LogP contribution in [0.4, 0.5) is 0 Å². The van der Waals surface area contributed by atoms with Gasteiger partial charge in [0.1, 0.15) is 0 Å². The summed E-state index contributed by atoms with van der Waals surface area (Å²) < 4.78 is 0. The molecular formula is C12H25NOS. The zero-order valence-electron chi connectivity index (χ0n) is 10.1. The van der Waals surface area contributed by atoms with E-state index in [1.807, 2.05) is 0 Å². The molecule has 1 saturated heterocycles. The highest BCUT2D eigenvalue weighted by Crippen LogP contribution is 2.24. The monoisotopic (exact) mass is 231 g/mol. The minimum absolute atomic E-state index is 0.487. The Hall–Kier alpha value is 0.270. The summed E-state index contributed by atoms with van der Waals surface area (Å²) in [6.07, 6.45) is 5.79.